The summed E-state index contributed by atoms with van der Waals surface area (Å²) in [5, 5.41) is 19.9. The molecule has 2 aromatic carbocycles. The lowest BCUT2D eigenvalue weighted by Crippen LogP contribution is -2.53. The maximum atomic E-state index is 10.7. The third kappa shape index (κ3) is 3.67. The van der Waals surface area contributed by atoms with Crippen LogP contribution in [0.2, 0.25) is 0 Å². The maximum Gasteiger partial charge on any atom is 0.126 e. The first-order valence-corrected chi connectivity index (χ1v) is 11.6. The normalized spacial score (nSPS) is 25.6. The Morgan fingerprint density at radius 3 is 2.76 bits per heavy atom. The Morgan fingerprint density at radius 2 is 1.97 bits per heavy atom. The molecule has 0 radical (unpaired) electrons. The van der Waals surface area contributed by atoms with Crippen molar-refractivity contribution in [3.8, 4) is 11.8 Å². The van der Waals surface area contributed by atoms with Crippen LogP contribution >= 0.6 is 22.6 Å². The van der Waals surface area contributed by atoms with Crippen LogP contribution in [0.15, 0.2) is 36.4 Å². The highest BCUT2D eigenvalue weighted by atomic mass is 127. The van der Waals surface area contributed by atoms with Gasteiger partial charge >= 0.3 is 0 Å². The van der Waals surface area contributed by atoms with Crippen LogP contribution in [0.3, 0.4) is 0 Å². The number of hydrogen-bond acceptors (Lipinski definition) is 4. The molecule has 2 aliphatic heterocycles. The second kappa shape index (κ2) is 7.57. The van der Waals surface area contributed by atoms with Crippen molar-refractivity contribution in [1.29, 1.82) is 5.26 Å². The first-order chi connectivity index (χ1) is 14.0. The van der Waals surface area contributed by atoms with Gasteiger partial charge in [0.1, 0.15) is 11.4 Å². The number of ether oxygens (including phenoxy) is 1. The Bertz CT molecular complexity index is 975. The molecule has 1 fully saturated rings. The number of fused-ring (bicyclic) bond motifs is 2. The molecular formula is C24H25IN2O2. The van der Waals surface area contributed by atoms with Gasteiger partial charge in [-0.05, 0) is 96.2 Å². The molecular weight excluding hydrogens is 475 g/mol. The van der Waals surface area contributed by atoms with Crippen LogP contribution in [0, 0.1) is 14.9 Å². The molecule has 5 rings (SSSR count). The van der Waals surface area contributed by atoms with Crippen molar-refractivity contribution in [2.45, 2.75) is 56.3 Å². The predicted molar refractivity (Wildman–Crippen MR) is 120 cm³/mol. The van der Waals surface area contributed by atoms with Gasteiger partial charge in [0, 0.05) is 34.7 Å². The van der Waals surface area contributed by atoms with E-state index in [9.17, 15) is 5.11 Å². The average Bonchev–Trinajstić information content (AvgIpc) is 2.74. The molecule has 5 heteroatoms. The van der Waals surface area contributed by atoms with Gasteiger partial charge < -0.3 is 9.84 Å². The topological polar surface area (TPSA) is 56.5 Å². The fourth-order valence-electron chi connectivity index (χ4n) is 5.33. The molecule has 0 saturated carbocycles. The molecule has 0 amide bonds. The highest BCUT2D eigenvalue weighted by molar-refractivity contribution is 14.1. The predicted octanol–water partition coefficient (Wildman–Crippen LogP) is 4.37. The van der Waals surface area contributed by atoms with E-state index in [1.807, 2.05) is 18.2 Å². The number of halogens is 1. The van der Waals surface area contributed by atoms with Crippen LogP contribution in [0.5, 0.6) is 5.75 Å². The molecule has 1 N–H and O–H groups in total. The SMILES string of the molecule is N#Cc1ccc2c(c1)CC[C@@H](N1CCC3(CC1)CC(O)c1cc(I)ccc1O3)C2. The Balaban J connectivity index is 1.26. The molecule has 3 aliphatic rings. The zero-order valence-electron chi connectivity index (χ0n) is 16.4. The summed E-state index contributed by atoms with van der Waals surface area (Å²) >= 11 is 2.28. The van der Waals surface area contributed by atoms with Gasteiger partial charge in [0.2, 0.25) is 0 Å². The number of nitrogens with zero attached hydrogens (tertiary/aromatic N) is 2. The van der Waals surface area contributed by atoms with Crippen molar-refractivity contribution in [2.75, 3.05) is 13.1 Å². The number of aryl methyl sites for hydroxylation is 1. The van der Waals surface area contributed by atoms with E-state index in [4.69, 9.17) is 10.00 Å². The molecule has 2 heterocycles. The molecule has 29 heavy (non-hydrogen) atoms. The third-order valence-corrected chi connectivity index (χ3v) is 7.66. The first kappa shape index (κ1) is 19.3. The van der Waals surface area contributed by atoms with Crippen LogP contribution in [0.4, 0.5) is 0 Å². The van der Waals surface area contributed by atoms with E-state index >= 15 is 0 Å². The molecule has 2 atom stereocenters. The van der Waals surface area contributed by atoms with Crippen LogP contribution in [-0.4, -0.2) is 34.7 Å². The fraction of sp³-hybridized carbons (Fsp3) is 0.458. The minimum atomic E-state index is -0.434. The summed E-state index contributed by atoms with van der Waals surface area (Å²) in [7, 11) is 0. The summed E-state index contributed by atoms with van der Waals surface area (Å²) < 4.78 is 7.62. The Labute approximate surface area is 185 Å². The quantitative estimate of drug-likeness (QED) is 0.591. The summed E-state index contributed by atoms with van der Waals surface area (Å²) in [6.45, 7) is 2.03. The van der Waals surface area contributed by atoms with E-state index in [0.717, 1.165) is 65.6 Å². The van der Waals surface area contributed by atoms with Crippen LogP contribution in [-0.2, 0) is 12.8 Å². The van der Waals surface area contributed by atoms with Crippen LogP contribution in [0.1, 0.15) is 54.0 Å². The van der Waals surface area contributed by atoms with Gasteiger partial charge in [-0.15, -0.1) is 0 Å². The largest absolute Gasteiger partial charge is 0.487 e. The van der Waals surface area contributed by atoms with Crippen molar-refractivity contribution in [3.63, 3.8) is 0 Å². The van der Waals surface area contributed by atoms with Crippen LogP contribution in [0.25, 0.3) is 0 Å². The number of hydrogen-bond donors (Lipinski definition) is 1. The highest BCUT2D eigenvalue weighted by Crippen LogP contribution is 2.45. The molecule has 1 saturated heterocycles. The van der Waals surface area contributed by atoms with Gasteiger partial charge in [-0.2, -0.15) is 5.26 Å². The number of benzene rings is 2. The molecule has 0 aromatic heterocycles. The van der Waals surface area contributed by atoms with Gasteiger partial charge in [-0.25, -0.2) is 0 Å². The lowest BCUT2D eigenvalue weighted by atomic mass is 9.80. The minimum Gasteiger partial charge on any atom is -0.487 e. The number of rotatable bonds is 1. The van der Waals surface area contributed by atoms with Gasteiger partial charge in [-0.3, -0.25) is 4.90 Å². The number of aliphatic hydroxyl groups is 1. The standard InChI is InChI=1S/C24H25IN2O2/c25-19-4-6-23-21(13-19)22(28)14-24(29-23)7-9-27(10-8-24)20-5-3-17-11-16(15-26)1-2-18(17)12-20/h1-2,4,6,11,13,20,22,28H,3,5,7-10,12,14H2/t20-,22?/m1/s1. The van der Waals surface area contributed by atoms with E-state index in [1.165, 1.54) is 11.1 Å². The van der Waals surface area contributed by atoms with E-state index in [0.29, 0.717) is 12.5 Å². The van der Waals surface area contributed by atoms with Crippen molar-refractivity contribution >= 4 is 22.6 Å². The zero-order valence-corrected chi connectivity index (χ0v) is 18.6. The molecule has 1 unspecified atom stereocenters. The Hall–Kier alpha value is -1.62. The second-order valence-corrected chi connectivity index (χ2v) is 9.96. The van der Waals surface area contributed by atoms with Gasteiger partial charge in [0.15, 0.2) is 0 Å². The molecule has 0 bridgehead atoms. The van der Waals surface area contributed by atoms with E-state index in [2.05, 4.69) is 51.8 Å². The van der Waals surface area contributed by atoms with Crippen LogP contribution < -0.4 is 4.74 Å². The van der Waals surface area contributed by atoms with E-state index in [1.54, 1.807) is 0 Å². The Morgan fingerprint density at radius 1 is 1.14 bits per heavy atom. The summed E-state index contributed by atoms with van der Waals surface area (Å²) in [6, 6.07) is 15.1. The molecule has 150 valence electrons. The fourth-order valence-corrected chi connectivity index (χ4v) is 5.85. The smallest absolute Gasteiger partial charge is 0.126 e. The van der Waals surface area contributed by atoms with E-state index in [-0.39, 0.29) is 5.60 Å². The Kier molecular flexibility index (Phi) is 5.05. The van der Waals surface area contributed by atoms with Gasteiger partial charge in [-0.1, -0.05) is 6.07 Å². The zero-order chi connectivity index (χ0) is 20.0. The first-order valence-electron chi connectivity index (χ1n) is 10.5. The van der Waals surface area contributed by atoms with E-state index < -0.39 is 6.10 Å². The third-order valence-electron chi connectivity index (χ3n) is 6.99. The summed E-state index contributed by atoms with van der Waals surface area (Å²) in [5.41, 5.74) is 4.21. The number of nitriles is 1. The maximum absolute atomic E-state index is 10.7. The summed E-state index contributed by atoms with van der Waals surface area (Å²) in [5.74, 6) is 0.859. The lowest BCUT2D eigenvalue weighted by molar-refractivity contribution is -0.0609. The summed E-state index contributed by atoms with van der Waals surface area (Å²) in [6.07, 6.45) is 5.46. The number of likely N-dealkylation sites (tertiary alicyclic amines) is 1. The minimum absolute atomic E-state index is 0.232. The summed E-state index contributed by atoms with van der Waals surface area (Å²) in [4.78, 5) is 2.62. The highest BCUT2D eigenvalue weighted by Gasteiger charge is 2.44. The van der Waals surface area contributed by atoms with Crippen molar-refractivity contribution in [3.05, 3.63) is 62.2 Å². The molecule has 4 nitrogen and oxygen atoms in total. The number of aliphatic hydroxyl groups excluding tert-OH is 1. The monoisotopic (exact) mass is 500 g/mol. The van der Waals surface area contributed by atoms with Gasteiger partial charge in [0.05, 0.1) is 17.7 Å². The van der Waals surface area contributed by atoms with Gasteiger partial charge in [0.25, 0.3) is 0 Å². The van der Waals surface area contributed by atoms with Crippen molar-refractivity contribution in [2.24, 2.45) is 0 Å². The number of piperidine rings is 1. The molecule has 2 aromatic rings. The lowest BCUT2D eigenvalue weighted by Gasteiger charge is -2.48. The second-order valence-electron chi connectivity index (χ2n) is 8.72. The van der Waals surface area contributed by atoms with Crippen molar-refractivity contribution < 1.29 is 9.84 Å². The molecule has 1 aliphatic carbocycles. The van der Waals surface area contributed by atoms with Crippen molar-refractivity contribution in [1.82, 2.24) is 4.90 Å². The molecule has 1 spiro atoms. The average molecular weight is 500 g/mol.